The summed E-state index contributed by atoms with van der Waals surface area (Å²) in [6.07, 6.45) is 7.52. The number of carbonyl (C=O) groups is 1. The van der Waals surface area contributed by atoms with Crippen LogP contribution in [0.4, 0.5) is 17.3 Å². The molecule has 1 amide bonds. The maximum atomic E-state index is 12.4. The standard InChI is InChI=1S/C20H27N5O/c1-2-3-4-12-21-20-22-13-11-18(24-20)19(26)23-16-7-9-17(10-8-16)25-14-5-6-15-25/h7-11,13H,2-6,12,14-15H2,1H3,(H,23,26)(H,21,22,24). The molecular formula is C20H27N5O. The van der Waals surface area contributed by atoms with Crippen LogP contribution in [0.25, 0.3) is 0 Å². The van der Waals surface area contributed by atoms with E-state index in [2.05, 4.69) is 44.6 Å². The van der Waals surface area contributed by atoms with Crippen molar-refractivity contribution in [3.63, 3.8) is 0 Å². The minimum Gasteiger partial charge on any atom is -0.372 e. The molecule has 0 aliphatic carbocycles. The number of amides is 1. The Bertz CT molecular complexity index is 710. The summed E-state index contributed by atoms with van der Waals surface area (Å²) in [5, 5.41) is 6.07. The maximum absolute atomic E-state index is 12.4. The van der Waals surface area contributed by atoms with Gasteiger partial charge in [-0.15, -0.1) is 0 Å². The van der Waals surface area contributed by atoms with Crippen LogP contribution in [0.1, 0.15) is 49.5 Å². The zero-order valence-corrected chi connectivity index (χ0v) is 15.4. The van der Waals surface area contributed by atoms with Crippen LogP contribution in [0.15, 0.2) is 36.5 Å². The fourth-order valence-electron chi connectivity index (χ4n) is 3.07. The summed E-state index contributed by atoms with van der Waals surface area (Å²) in [6.45, 7) is 5.21. The Morgan fingerprint density at radius 2 is 1.88 bits per heavy atom. The third-order valence-corrected chi connectivity index (χ3v) is 4.55. The van der Waals surface area contributed by atoms with Crippen molar-refractivity contribution in [3.05, 3.63) is 42.2 Å². The van der Waals surface area contributed by atoms with Crippen LogP contribution in [0.5, 0.6) is 0 Å². The number of benzene rings is 1. The summed E-state index contributed by atoms with van der Waals surface area (Å²) in [5.41, 5.74) is 2.34. The van der Waals surface area contributed by atoms with Crippen molar-refractivity contribution >= 4 is 23.2 Å². The number of nitrogens with zero attached hydrogens (tertiary/aromatic N) is 3. The molecule has 1 aromatic carbocycles. The van der Waals surface area contributed by atoms with Crippen LogP contribution in [0, 0.1) is 0 Å². The number of hydrogen-bond acceptors (Lipinski definition) is 5. The summed E-state index contributed by atoms with van der Waals surface area (Å²) < 4.78 is 0. The van der Waals surface area contributed by atoms with Gasteiger partial charge < -0.3 is 15.5 Å². The highest BCUT2D eigenvalue weighted by Crippen LogP contribution is 2.22. The molecule has 1 saturated heterocycles. The fraction of sp³-hybridized carbons (Fsp3) is 0.450. The fourth-order valence-corrected chi connectivity index (χ4v) is 3.07. The van der Waals surface area contributed by atoms with Crippen molar-refractivity contribution in [3.8, 4) is 0 Å². The van der Waals surface area contributed by atoms with E-state index in [9.17, 15) is 4.79 Å². The van der Waals surface area contributed by atoms with Crippen molar-refractivity contribution in [1.82, 2.24) is 9.97 Å². The number of hydrogen-bond donors (Lipinski definition) is 2. The molecule has 138 valence electrons. The number of rotatable bonds is 8. The van der Waals surface area contributed by atoms with Gasteiger partial charge in [-0.2, -0.15) is 0 Å². The topological polar surface area (TPSA) is 70.2 Å². The first-order valence-electron chi connectivity index (χ1n) is 9.49. The SMILES string of the molecule is CCCCCNc1nccc(C(=O)Nc2ccc(N3CCCC3)cc2)n1. The Kier molecular flexibility index (Phi) is 6.41. The van der Waals surface area contributed by atoms with Gasteiger partial charge in [0.25, 0.3) is 5.91 Å². The van der Waals surface area contributed by atoms with Crippen LogP contribution >= 0.6 is 0 Å². The van der Waals surface area contributed by atoms with Gasteiger partial charge in [-0.1, -0.05) is 19.8 Å². The van der Waals surface area contributed by atoms with E-state index in [1.807, 2.05) is 12.1 Å². The Labute approximate surface area is 155 Å². The number of anilines is 3. The molecule has 2 aromatic rings. The molecule has 2 heterocycles. The summed E-state index contributed by atoms with van der Waals surface area (Å²) >= 11 is 0. The molecule has 6 nitrogen and oxygen atoms in total. The minimum atomic E-state index is -0.224. The molecule has 1 aromatic heterocycles. The zero-order valence-electron chi connectivity index (χ0n) is 15.4. The molecule has 2 N–H and O–H groups in total. The predicted octanol–water partition coefficient (Wildman–Crippen LogP) is 3.93. The average molecular weight is 353 g/mol. The van der Waals surface area contributed by atoms with E-state index in [1.165, 1.54) is 31.4 Å². The van der Waals surface area contributed by atoms with E-state index >= 15 is 0 Å². The second-order valence-electron chi connectivity index (χ2n) is 6.59. The van der Waals surface area contributed by atoms with Gasteiger partial charge in [0.15, 0.2) is 0 Å². The third-order valence-electron chi connectivity index (χ3n) is 4.55. The lowest BCUT2D eigenvalue weighted by Gasteiger charge is -2.17. The monoisotopic (exact) mass is 353 g/mol. The van der Waals surface area contributed by atoms with Gasteiger partial charge in [-0.3, -0.25) is 4.79 Å². The second-order valence-corrected chi connectivity index (χ2v) is 6.59. The molecule has 6 heteroatoms. The summed E-state index contributed by atoms with van der Waals surface area (Å²) in [6, 6.07) is 9.63. The van der Waals surface area contributed by atoms with Gasteiger partial charge in [0, 0.05) is 37.2 Å². The van der Waals surface area contributed by atoms with Gasteiger partial charge in [0.1, 0.15) is 5.69 Å². The van der Waals surface area contributed by atoms with E-state index in [-0.39, 0.29) is 5.91 Å². The first kappa shape index (κ1) is 18.2. The molecule has 0 bridgehead atoms. The Hall–Kier alpha value is -2.63. The van der Waals surface area contributed by atoms with Gasteiger partial charge in [-0.05, 0) is 49.6 Å². The van der Waals surface area contributed by atoms with Crippen LogP contribution in [0.3, 0.4) is 0 Å². The molecule has 0 atom stereocenters. The Morgan fingerprint density at radius 1 is 1.12 bits per heavy atom. The number of unbranched alkanes of at least 4 members (excludes halogenated alkanes) is 2. The van der Waals surface area contributed by atoms with Gasteiger partial charge in [0.05, 0.1) is 0 Å². The van der Waals surface area contributed by atoms with E-state index < -0.39 is 0 Å². The normalized spacial score (nSPS) is 13.7. The summed E-state index contributed by atoms with van der Waals surface area (Å²) in [5.74, 6) is 0.274. The largest absolute Gasteiger partial charge is 0.372 e. The van der Waals surface area contributed by atoms with Gasteiger partial charge in [0.2, 0.25) is 5.95 Å². The number of carbonyl (C=O) groups excluding carboxylic acids is 1. The van der Waals surface area contributed by atoms with Gasteiger partial charge in [-0.25, -0.2) is 9.97 Å². The molecule has 3 rings (SSSR count). The molecule has 26 heavy (non-hydrogen) atoms. The number of nitrogens with one attached hydrogen (secondary N) is 2. The molecular weight excluding hydrogens is 326 g/mol. The van der Waals surface area contributed by atoms with E-state index in [4.69, 9.17) is 0 Å². The lowest BCUT2D eigenvalue weighted by Crippen LogP contribution is -2.18. The van der Waals surface area contributed by atoms with Crippen molar-refractivity contribution < 1.29 is 4.79 Å². The number of aromatic nitrogens is 2. The maximum Gasteiger partial charge on any atom is 0.274 e. The van der Waals surface area contributed by atoms with E-state index in [1.54, 1.807) is 12.3 Å². The second kappa shape index (κ2) is 9.17. The lowest BCUT2D eigenvalue weighted by molar-refractivity contribution is 0.102. The molecule has 0 saturated carbocycles. The highest BCUT2D eigenvalue weighted by atomic mass is 16.1. The lowest BCUT2D eigenvalue weighted by atomic mass is 10.2. The smallest absolute Gasteiger partial charge is 0.274 e. The first-order valence-corrected chi connectivity index (χ1v) is 9.49. The summed E-state index contributed by atoms with van der Waals surface area (Å²) in [7, 11) is 0. The summed E-state index contributed by atoms with van der Waals surface area (Å²) in [4.78, 5) is 23.3. The van der Waals surface area contributed by atoms with Crippen molar-refractivity contribution in [2.24, 2.45) is 0 Å². The molecule has 0 unspecified atom stereocenters. The molecule has 0 radical (unpaired) electrons. The Balaban J connectivity index is 1.57. The molecule has 0 spiro atoms. The van der Waals surface area contributed by atoms with Crippen molar-refractivity contribution in [1.29, 1.82) is 0 Å². The predicted molar refractivity (Wildman–Crippen MR) is 106 cm³/mol. The van der Waals surface area contributed by atoms with Crippen LogP contribution < -0.4 is 15.5 Å². The van der Waals surface area contributed by atoms with Gasteiger partial charge >= 0.3 is 0 Å². The van der Waals surface area contributed by atoms with Crippen LogP contribution in [0.2, 0.25) is 0 Å². The van der Waals surface area contributed by atoms with Crippen LogP contribution in [-0.2, 0) is 0 Å². The van der Waals surface area contributed by atoms with E-state index in [0.29, 0.717) is 11.6 Å². The quantitative estimate of drug-likeness (QED) is 0.704. The van der Waals surface area contributed by atoms with Crippen molar-refractivity contribution in [2.45, 2.75) is 39.0 Å². The third kappa shape index (κ3) is 4.94. The molecule has 1 fully saturated rings. The first-order chi connectivity index (χ1) is 12.8. The van der Waals surface area contributed by atoms with E-state index in [0.717, 1.165) is 31.7 Å². The highest BCUT2D eigenvalue weighted by molar-refractivity contribution is 6.03. The average Bonchev–Trinajstić information content (AvgIpc) is 3.21. The minimum absolute atomic E-state index is 0.224. The van der Waals surface area contributed by atoms with Crippen LogP contribution in [-0.4, -0.2) is 35.5 Å². The van der Waals surface area contributed by atoms with Crippen molar-refractivity contribution in [2.75, 3.05) is 35.2 Å². The highest BCUT2D eigenvalue weighted by Gasteiger charge is 2.13. The Morgan fingerprint density at radius 3 is 2.62 bits per heavy atom. The molecule has 1 aliphatic heterocycles. The molecule has 1 aliphatic rings. The zero-order chi connectivity index (χ0) is 18.2.